The Morgan fingerprint density at radius 3 is 2.22 bits per heavy atom. The Hall–Kier alpha value is -3.42. The van der Waals surface area contributed by atoms with E-state index in [2.05, 4.69) is 4.98 Å². The maximum absolute atomic E-state index is 12.4. The number of likely N-dealkylation sites (tertiary alicyclic amines) is 1. The van der Waals surface area contributed by atoms with Gasteiger partial charge in [0.15, 0.2) is 5.89 Å². The lowest BCUT2D eigenvalue weighted by atomic mass is 10.2. The number of oxazole rings is 1. The third-order valence-corrected chi connectivity index (χ3v) is 5.71. The van der Waals surface area contributed by atoms with Crippen molar-refractivity contribution in [2.45, 2.75) is 36.9 Å². The van der Waals surface area contributed by atoms with Crippen molar-refractivity contribution >= 4 is 27.8 Å². The zero-order valence-electron chi connectivity index (χ0n) is 16.7. The highest BCUT2D eigenvalue weighted by molar-refractivity contribution is 7.90. The number of amides is 2. The van der Waals surface area contributed by atoms with E-state index in [1.54, 1.807) is 19.1 Å². The van der Waals surface area contributed by atoms with Gasteiger partial charge in [-0.2, -0.15) is 13.2 Å². The number of hydrogen-bond acceptors (Lipinski definition) is 7. The lowest BCUT2D eigenvalue weighted by molar-refractivity contribution is -0.192. The summed E-state index contributed by atoms with van der Waals surface area (Å²) in [7, 11) is -2.53. The fraction of sp³-hybridized carbons (Fsp3) is 0.333. The minimum atomic E-state index is -5.08. The topological polar surface area (TPSA) is 147 Å². The molecular weight excluding hydrogens is 459 g/mol. The van der Waals surface area contributed by atoms with Crippen LogP contribution in [0.1, 0.15) is 18.7 Å². The van der Waals surface area contributed by atoms with Gasteiger partial charge in [-0.05, 0) is 18.6 Å². The summed E-state index contributed by atoms with van der Waals surface area (Å²) in [6.07, 6.45) is -3.06. The Morgan fingerprint density at radius 2 is 1.81 bits per heavy atom. The van der Waals surface area contributed by atoms with Crippen molar-refractivity contribution < 1.29 is 45.5 Å². The standard InChI is InChI=1S/C16H17N3O5S.C2HF3O2/c1-10-17-13(9-24-10)11-3-5-12(6-4-11)25(22,23)18-16(21)14-7-8-15(20)19(14)2;3-2(4,5)1(6)7/h3-6,9,14H,7-8H2,1-2H3,(H,18,21);(H,6,7)/t14-;/m0./s1. The van der Waals surface area contributed by atoms with Crippen LogP contribution in [0, 0.1) is 6.92 Å². The summed E-state index contributed by atoms with van der Waals surface area (Å²) >= 11 is 0. The molecule has 14 heteroatoms. The molecule has 1 aromatic carbocycles. The van der Waals surface area contributed by atoms with Crippen molar-refractivity contribution in [1.29, 1.82) is 0 Å². The number of aryl methyl sites for hydroxylation is 1. The smallest absolute Gasteiger partial charge is 0.475 e. The van der Waals surface area contributed by atoms with E-state index in [0.717, 1.165) is 0 Å². The second-order valence-corrected chi connectivity index (χ2v) is 8.29. The van der Waals surface area contributed by atoms with E-state index in [4.69, 9.17) is 14.3 Å². The first kappa shape index (κ1) is 24.8. The summed E-state index contributed by atoms with van der Waals surface area (Å²) in [6.45, 7) is 1.71. The fourth-order valence-electron chi connectivity index (χ4n) is 2.67. The molecule has 0 radical (unpaired) electrons. The third kappa shape index (κ3) is 6.06. The minimum absolute atomic E-state index is 0.0446. The van der Waals surface area contributed by atoms with Crippen LogP contribution in [0.4, 0.5) is 13.2 Å². The molecule has 1 atom stereocenters. The van der Waals surface area contributed by atoms with Crippen LogP contribution in [0.2, 0.25) is 0 Å². The van der Waals surface area contributed by atoms with E-state index < -0.39 is 34.1 Å². The molecule has 1 aliphatic rings. The first-order valence-corrected chi connectivity index (χ1v) is 10.4. The van der Waals surface area contributed by atoms with Crippen LogP contribution < -0.4 is 4.72 Å². The SMILES string of the molecule is Cc1nc(-c2ccc(S(=O)(=O)NC(=O)[C@@H]3CCC(=O)N3C)cc2)co1.O=C(O)C(F)(F)F. The summed E-state index contributed by atoms with van der Waals surface area (Å²) in [6, 6.07) is 5.18. The molecule has 3 rings (SSSR count). The Morgan fingerprint density at radius 1 is 1.25 bits per heavy atom. The van der Waals surface area contributed by atoms with Crippen LogP contribution in [0.15, 0.2) is 39.8 Å². The molecule has 0 bridgehead atoms. The Bertz CT molecular complexity index is 1110. The van der Waals surface area contributed by atoms with Crippen LogP contribution in [0.25, 0.3) is 11.3 Å². The summed E-state index contributed by atoms with van der Waals surface area (Å²) in [5.41, 5.74) is 1.29. The maximum Gasteiger partial charge on any atom is 0.490 e. The minimum Gasteiger partial charge on any atom is -0.475 e. The van der Waals surface area contributed by atoms with E-state index in [1.165, 1.54) is 30.3 Å². The van der Waals surface area contributed by atoms with Crippen molar-refractivity contribution in [3.8, 4) is 11.3 Å². The number of carbonyl (C=O) groups excluding carboxylic acids is 2. The number of rotatable bonds is 4. The summed E-state index contributed by atoms with van der Waals surface area (Å²) in [5, 5.41) is 7.12. The molecule has 174 valence electrons. The van der Waals surface area contributed by atoms with Crippen molar-refractivity contribution in [3.63, 3.8) is 0 Å². The molecule has 2 aromatic rings. The fourth-order valence-corrected chi connectivity index (χ4v) is 3.68. The first-order valence-electron chi connectivity index (χ1n) is 8.87. The van der Waals surface area contributed by atoms with Gasteiger partial charge in [-0.15, -0.1) is 0 Å². The summed E-state index contributed by atoms with van der Waals surface area (Å²) in [5.74, 6) is -3.13. The molecule has 2 amide bonds. The van der Waals surface area contributed by atoms with E-state index in [-0.39, 0.29) is 17.2 Å². The molecular formula is C18H18F3N3O7S. The largest absolute Gasteiger partial charge is 0.490 e. The number of alkyl halides is 3. The van der Waals surface area contributed by atoms with Gasteiger partial charge in [-0.25, -0.2) is 22.9 Å². The van der Waals surface area contributed by atoms with Crippen LogP contribution in [-0.2, 0) is 24.4 Å². The van der Waals surface area contributed by atoms with Gasteiger partial charge in [0.25, 0.3) is 15.9 Å². The number of carboxylic acids is 1. The number of hydrogen-bond donors (Lipinski definition) is 2. The molecule has 0 spiro atoms. The summed E-state index contributed by atoms with van der Waals surface area (Å²) < 4.78 is 63.6. The van der Waals surface area contributed by atoms with Crippen LogP contribution in [0.3, 0.4) is 0 Å². The van der Waals surface area contributed by atoms with Gasteiger partial charge >= 0.3 is 12.1 Å². The van der Waals surface area contributed by atoms with Gasteiger partial charge in [0.2, 0.25) is 5.91 Å². The Labute approximate surface area is 180 Å². The molecule has 32 heavy (non-hydrogen) atoms. The zero-order valence-corrected chi connectivity index (χ0v) is 17.5. The molecule has 1 aromatic heterocycles. The summed E-state index contributed by atoms with van der Waals surface area (Å²) in [4.78, 5) is 37.9. The predicted molar refractivity (Wildman–Crippen MR) is 101 cm³/mol. The number of nitrogens with one attached hydrogen (secondary N) is 1. The number of sulfonamides is 1. The van der Waals surface area contributed by atoms with Crippen molar-refractivity contribution in [3.05, 3.63) is 36.4 Å². The normalized spacial score (nSPS) is 16.3. The molecule has 10 nitrogen and oxygen atoms in total. The van der Waals surface area contributed by atoms with Crippen molar-refractivity contribution in [1.82, 2.24) is 14.6 Å². The van der Waals surface area contributed by atoms with Gasteiger partial charge in [-0.1, -0.05) is 12.1 Å². The molecule has 0 aliphatic carbocycles. The molecule has 2 heterocycles. The van der Waals surface area contributed by atoms with Crippen LogP contribution >= 0.6 is 0 Å². The average molecular weight is 477 g/mol. The first-order chi connectivity index (χ1) is 14.7. The molecule has 2 N–H and O–H groups in total. The number of carbonyl (C=O) groups is 3. The van der Waals surface area contributed by atoms with Gasteiger partial charge in [0.1, 0.15) is 18.0 Å². The monoisotopic (exact) mass is 477 g/mol. The highest BCUT2D eigenvalue weighted by atomic mass is 32.2. The van der Waals surface area contributed by atoms with Gasteiger partial charge in [0, 0.05) is 26.0 Å². The van der Waals surface area contributed by atoms with E-state index >= 15 is 0 Å². The number of halogens is 3. The number of aliphatic carboxylic acids is 1. The van der Waals surface area contributed by atoms with Gasteiger partial charge in [0.05, 0.1) is 4.90 Å². The zero-order chi connectivity index (χ0) is 24.3. The number of nitrogens with zero attached hydrogens (tertiary/aromatic N) is 2. The number of carboxylic acid groups (broad SMARTS) is 1. The number of benzene rings is 1. The third-order valence-electron chi connectivity index (χ3n) is 4.35. The molecule has 0 unspecified atom stereocenters. The van der Waals surface area contributed by atoms with Gasteiger partial charge < -0.3 is 14.4 Å². The quantitative estimate of drug-likeness (QED) is 0.677. The number of likely N-dealkylation sites (N-methyl/N-ethyl adjacent to an activating group) is 1. The second kappa shape index (κ2) is 9.38. The van der Waals surface area contributed by atoms with Crippen LogP contribution in [0.5, 0.6) is 0 Å². The Kier molecular flexibility index (Phi) is 7.28. The van der Waals surface area contributed by atoms with Gasteiger partial charge in [-0.3, -0.25) is 9.59 Å². The second-order valence-electron chi connectivity index (χ2n) is 6.61. The van der Waals surface area contributed by atoms with E-state index in [9.17, 15) is 31.2 Å². The Balaban J connectivity index is 0.000000451. The van der Waals surface area contributed by atoms with E-state index in [1.807, 2.05) is 4.72 Å². The van der Waals surface area contributed by atoms with Crippen molar-refractivity contribution in [2.24, 2.45) is 0 Å². The maximum atomic E-state index is 12.4. The average Bonchev–Trinajstić information content (AvgIpc) is 3.27. The lowest BCUT2D eigenvalue weighted by Gasteiger charge is -2.19. The lowest BCUT2D eigenvalue weighted by Crippen LogP contribution is -2.44. The molecule has 1 fully saturated rings. The molecule has 0 saturated carbocycles. The highest BCUT2D eigenvalue weighted by Gasteiger charge is 2.38. The molecule has 1 aliphatic heterocycles. The molecule has 1 saturated heterocycles. The van der Waals surface area contributed by atoms with Crippen molar-refractivity contribution in [2.75, 3.05) is 7.05 Å². The van der Waals surface area contributed by atoms with E-state index in [0.29, 0.717) is 23.6 Å². The van der Waals surface area contributed by atoms with Crippen LogP contribution in [-0.4, -0.2) is 60.5 Å². The highest BCUT2D eigenvalue weighted by Crippen LogP contribution is 2.22. The predicted octanol–water partition coefficient (Wildman–Crippen LogP) is 1.71. The number of aromatic nitrogens is 1.